The van der Waals surface area contributed by atoms with Gasteiger partial charge in [0.05, 0.1) is 23.0 Å². The number of carboxylic acids is 1. The SMILES string of the molecule is CC(C)Cc1ccc(C2(c3ccc(CCO)cc3)c3ccccc3-c3ccccc32)cc1.CCCc1ccc(C2(c3ccc(CCOC)cc3)c3ccccc3-c3ccccc32)cc1.O=Cc1ccc(C(=O)O)cc1. The molecule has 0 saturated heterocycles. The van der Waals surface area contributed by atoms with Crippen LogP contribution in [-0.2, 0) is 41.3 Å². The van der Waals surface area contributed by atoms with E-state index in [4.69, 9.17) is 9.84 Å². The largest absolute Gasteiger partial charge is 0.478 e. The van der Waals surface area contributed by atoms with Gasteiger partial charge in [-0.3, -0.25) is 4.79 Å². The Balaban J connectivity index is 0.000000153. The molecular formula is C70H66O5. The monoisotopic (exact) mass is 986 g/mol. The molecule has 0 heterocycles. The van der Waals surface area contributed by atoms with E-state index in [0.29, 0.717) is 24.2 Å². The summed E-state index contributed by atoms with van der Waals surface area (Å²) >= 11 is 0. The molecular weight excluding hydrogens is 921 g/mol. The third-order valence-corrected chi connectivity index (χ3v) is 14.9. The standard InChI is InChI=1S/2C31H30O.C8H6O3/c1-22(2)21-24-13-17-26(18-14-24)31(25-15-11-23(12-16-25)19-20-32)29-9-5-3-7-27(29)28-8-4-6-10-30(28)31;1-3-8-23-13-17-25(18-14-23)31(26-19-15-24(16-20-26)21-22-32-2)29-11-6-4-9-27(29)28-10-5-7-12-30(28)31;9-5-6-1-3-7(4-2-6)8(10)11/h3-18,22,32H,19-21H2,1-2H3;4-7,9-20H,3,8,21-22H2,1-2H3;1-5H,(H,10,11). The highest BCUT2D eigenvalue weighted by Crippen LogP contribution is 2.57. The molecule has 376 valence electrons. The van der Waals surface area contributed by atoms with Crippen LogP contribution in [0.3, 0.4) is 0 Å². The van der Waals surface area contributed by atoms with E-state index in [9.17, 15) is 14.7 Å². The van der Waals surface area contributed by atoms with E-state index in [1.165, 1.54) is 120 Å². The Labute approximate surface area is 443 Å². The van der Waals surface area contributed by atoms with Crippen LogP contribution in [0.4, 0.5) is 0 Å². The molecule has 0 radical (unpaired) electrons. The van der Waals surface area contributed by atoms with Crippen LogP contribution in [-0.4, -0.2) is 42.8 Å². The molecule has 0 aliphatic heterocycles. The van der Waals surface area contributed by atoms with E-state index in [1.807, 2.05) is 0 Å². The molecule has 2 N–H and O–H groups in total. The van der Waals surface area contributed by atoms with Crippen molar-refractivity contribution in [3.8, 4) is 22.3 Å². The number of aromatic carboxylic acids is 1. The summed E-state index contributed by atoms with van der Waals surface area (Å²) in [6, 6.07) is 77.9. The highest BCUT2D eigenvalue weighted by atomic mass is 16.5. The second-order valence-corrected chi connectivity index (χ2v) is 20.1. The van der Waals surface area contributed by atoms with Crippen molar-refractivity contribution in [2.24, 2.45) is 5.92 Å². The number of ether oxygens (including phenoxy) is 1. The lowest BCUT2D eigenvalue weighted by molar-refractivity contribution is 0.0696. The first kappa shape index (κ1) is 51.9. The molecule has 11 rings (SSSR count). The number of aryl methyl sites for hydroxylation is 1. The van der Waals surface area contributed by atoms with E-state index < -0.39 is 5.97 Å². The van der Waals surface area contributed by atoms with Crippen LogP contribution in [0.2, 0.25) is 0 Å². The number of hydrogen-bond acceptors (Lipinski definition) is 4. The molecule has 0 unspecified atom stereocenters. The van der Waals surface area contributed by atoms with Gasteiger partial charge in [-0.05, 0) is 133 Å². The maximum atomic E-state index is 10.3. The Morgan fingerprint density at radius 3 is 1.15 bits per heavy atom. The number of aliphatic hydroxyl groups excluding tert-OH is 1. The summed E-state index contributed by atoms with van der Waals surface area (Å²) in [7, 11) is 1.76. The highest BCUT2D eigenvalue weighted by molar-refractivity contribution is 5.89. The Morgan fingerprint density at radius 1 is 0.480 bits per heavy atom. The van der Waals surface area contributed by atoms with E-state index in [2.05, 4.69) is 215 Å². The summed E-state index contributed by atoms with van der Waals surface area (Å²) in [5.74, 6) is -0.343. The lowest BCUT2D eigenvalue weighted by Gasteiger charge is -2.34. The molecule has 0 amide bonds. The first-order chi connectivity index (χ1) is 36.7. The van der Waals surface area contributed by atoms with Crippen LogP contribution < -0.4 is 0 Å². The number of carbonyl (C=O) groups is 2. The summed E-state index contributed by atoms with van der Waals surface area (Å²) in [5, 5.41) is 17.8. The summed E-state index contributed by atoms with van der Waals surface area (Å²) in [6.45, 7) is 7.70. The number of rotatable bonds is 15. The first-order valence-corrected chi connectivity index (χ1v) is 26.3. The van der Waals surface area contributed by atoms with Crippen molar-refractivity contribution in [3.63, 3.8) is 0 Å². The van der Waals surface area contributed by atoms with Crippen LogP contribution in [0, 0.1) is 5.92 Å². The number of fused-ring (bicyclic) bond motifs is 6. The lowest BCUT2D eigenvalue weighted by Crippen LogP contribution is -2.28. The normalized spacial score (nSPS) is 13.0. The van der Waals surface area contributed by atoms with Gasteiger partial charge in [0.1, 0.15) is 6.29 Å². The van der Waals surface area contributed by atoms with Crippen molar-refractivity contribution in [1.29, 1.82) is 0 Å². The molecule has 2 aliphatic rings. The van der Waals surface area contributed by atoms with Gasteiger partial charge in [-0.2, -0.15) is 0 Å². The molecule has 0 fully saturated rings. The molecule has 9 aromatic rings. The van der Waals surface area contributed by atoms with Crippen LogP contribution in [0.5, 0.6) is 0 Å². The van der Waals surface area contributed by atoms with E-state index in [0.717, 1.165) is 25.9 Å². The van der Waals surface area contributed by atoms with Gasteiger partial charge >= 0.3 is 5.97 Å². The number of methoxy groups -OCH3 is 1. The van der Waals surface area contributed by atoms with Gasteiger partial charge in [0.25, 0.3) is 0 Å². The van der Waals surface area contributed by atoms with Crippen LogP contribution >= 0.6 is 0 Å². The van der Waals surface area contributed by atoms with Gasteiger partial charge < -0.3 is 14.9 Å². The summed E-state index contributed by atoms with van der Waals surface area (Å²) in [4.78, 5) is 20.5. The van der Waals surface area contributed by atoms with E-state index >= 15 is 0 Å². The number of aldehydes is 1. The molecule has 9 aromatic carbocycles. The predicted molar refractivity (Wildman–Crippen MR) is 305 cm³/mol. The van der Waals surface area contributed by atoms with Crippen LogP contribution in [0.15, 0.2) is 218 Å². The Morgan fingerprint density at radius 2 is 0.827 bits per heavy atom. The topological polar surface area (TPSA) is 83.8 Å². The average molecular weight is 987 g/mol. The number of carbonyl (C=O) groups excluding carboxylic acids is 1. The van der Waals surface area contributed by atoms with Crippen LogP contribution in [0.25, 0.3) is 22.3 Å². The zero-order valence-corrected chi connectivity index (χ0v) is 43.5. The fourth-order valence-electron chi connectivity index (χ4n) is 11.5. The van der Waals surface area contributed by atoms with Gasteiger partial charge in [-0.25, -0.2) is 4.79 Å². The molecule has 0 saturated carbocycles. The third-order valence-electron chi connectivity index (χ3n) is 14.9. The van der Waals surface area contributed by atoms with E-state index in [-0.39, 0.29) is 23.0 Å². The second-order valence-electron chi connectivity index (χ2n) is 20.1. The number of carboxylic acid groups (broad SMARTS) is 1. The fourth-order valence-corrected chi connectivity index (χ4v) is 11.5. The van der Waals surface area contributed by atoms with Gasteiger partial charge in [-0.1, -0.05) is 233 Å². The Bertz CT molecular complexity index is 3260. The predicted octanol–water partition coefficient (Wildman–Crippen LogP) is 15.2. The minimum Gasteiger partial charge on any atom is -0.478 e. The Kier molecular flexibility index (Phi) is 16.3. The summed E-state index contributed by atoms with van der Waals surface area (Å²) in [6.07, 6.45) is 5.67. The van der Waals surface area contributed by atoms with Crippen molar-refractivity contribution < 1.29 is 24.5 Å². The zero-order chi connectivity index (χ0) is 52.4. The first-order valence-electron chi connectivity index (χ1n) is 26.3. The highest BCUT2D eigenvalue weighted by Gasteiger charge is 2.47. The third kappa shape index (κ3) is 10.3. The Hall–Kier alpha value is -7.96. The molecule has 2 aliphatic carbocycles. The zero-order valence-electron chi connectivity index (χ0n) is 43.5. The number of hydrogen-bond donors (Lipinski definition) is 2. The molecule has 75 heavy (non-hydrogen) atoms. The summed E-state index contributed by atoms with van der Waals surface area (Å²) in [5.41, 5.74) is 21.2. The van der Waals surface area contributed by atoms with Crippen molar-refractivity contribution in [2.75, 3.05) is 20.3 Å². The lowest BCUT2D eigenvalue weighted by atomic mass is 9.67. The van der Waals surface area contributed by atoms with Crippen molar-refractivity contribution >= 4 is 12.3 Å². The van der Waals surface area contributed by atoms with E-state index in [1.54, 1.807) is 7.11 Å². The average Bonchev–Trinajstić information content (AvgIpc) is 3.93. The number of benzene rings is 9. The number of aliphatic hydroxyl groups is 1. The van der Waals surface area contributed by atoms with Gasteiger partial charge in [0, 0.05) is 19.3 Å². The van der Waals surface area contributed by atoms with Gasteiger partial charge in [0.15, 0.2) is 0 Å². The molecule has 5 nitrogen and oxygen atoms in total. The maximum absolute atomic E-state index is 10.3. The molecule has 0 spiro atoms. The quantitative estimate of drug-likeness (QED) is 0.100. The molecule has 0 bridgehead atoms. The minimum atomic E-state index is -0.984. The van der Waals surface area contributed by atoms with Crippen LogP contribution in [0.1, 0.15) is 115 Å². The molecule has 0 aromatic heterocycles. The second kappa shape index (κ2) is 23.5. The van der Waals surface area contributed by atoms with Gasteiger partial charge in [-0.15, -0.1) is 0 Å². The smallest absolute Gasteiger partial charge is 0.335 e. The summed E-state index contributed by atoms with van der Waals surface area (Å²) < 4.78 is 5.29. The van der Waals surface area contributed by atoms with Crippen molar-refractivity contribution in [2.45, 2.75) is 63.7 Å². The fraction of sp³-hybridized carbons (Fsp3) is 0.200. The maximum Gasteiger partial charge on any atom is 0.335 e. The molecule has 5 heteroatoms. The van der Waals surface area contributed by atoms with Crippen molar-refractivity contribution in [1.82, 2.24) is 0 Å². The molecule has 0 atom stereocenters. The van der Waals surface area contributed by atoms with Crippen molar-refractivity contribution in [3.05, 3.63) is 296 Å². The van der Waals surface area contributed by atoms with Gasteiger partial charge in [0.2, 0.25) is 0 Å². The minimum absolute atomic E-state index is 0.174.